The van der Waals surface area contributed by atoms with Gasteiger partial charge in [-0.05, 0) is 62.1 Å². The van der Waals surface area contributed by atoms with Crippen molar-refractivity contribution < 1.29 is 4.79 Å². The minimum Gasteiger partial charge on any atom is -0.372 e. The number of carbonyl (C=O) groups is 1. The third-order valence-electron chi connectivity index (χ3n) is 6.50. The van der Waals surface area contributed by atoms with Crippen LogP contribution in [0.1, 0.15) is 51.5 Å². The highest BCUT2D eigenvalue weighted by molar-refractivity contribution is 5.80. The molecule has 166 valence electrons. The first-order valence-electron chi connectivity index (χ1n) is 11.7. The second-order valence-corrected chi connectivity index (χ2v) is 8.81. The lowest BCUT2D eigenvalue weighted by atomic mass is 9.93. The summed E-state index contributed by atoms with van der Waals surface area (Å²) >= 11 is 0. The van der Waals surface area contributed by atoms with Gasteiger partial charge in [0.1, 0.15) is 0 Å². The van der Waals surface area contributed by atoms with Crippen molar-refractivity contribution in [2.24, 2.45) is 16.8 Å². The number of nitrogens with zero attached hydrogens (tertiary/aromatic N) is 3. The summed E-state index contributed by atoms with van der Waals surface area (Å²) in [5.74, 6) is 2.48. The van der Waals surface area contributed by atoms with Gasteiger partial charge in [-0.25, -0.2) is 4.99 Å². The van der Waals surface area contributed by atoms with Crippen LogP contribution in [-0.2, 0) is 11.3 Å². The van der Waals surface area contributed by atoms with E-state index in [1.54, 1.807) is 7.05 Å². The number of hydrogen-bond donors (Lipinski definition) is 2. The molecule has 1 amide bonds. The Morgan fingerprint density at radius 1 is 1.07 bits per heavy atom. The minimum atomic E-state index is 0.150. The van der Waals surface area contributed by atoms with Crippen LogP contribution in [0.2, 0.25) is 0 Å². The Bertz CT molecular complexity index is 686. The lowest BCUT2D eigenvalue weighted by molar-refractivity contribution is -0.121. The summed E-state index contributed by atoms with van der Waals surface area (Å²) in [6.07, 6.45) is 5.30. The van der Waals surface area contributed by atoms with Crippen molar-refractivity contribution in [1.29, 1.82) is 0 Å². The number of aliphatic imine (C=N–C) groups is 1. The summed E-state index contributed by atoms with van der Waals surface area (Å²) in [4.78, 5) is 21.4. The predicted octanol–water partition coefficient (Wildman–Crippen LogP) is 3.24. The molecule has 6 heteroatoms. The summed E-state index contributed by atoms with van der Waals surface area (Å²) in [5, 5.41) is 6.19. The van der Waals surface area contributed by atoms with E-state index in [0.29, 0.717) is 18.9 Å². The van der Waals surface area contributed by atoms with E-state index in [2.05, 4.69) is 58.5 Å². The molecule has 0 saturated carbocycles. The summed E-state index contributed by atoms with van der Waals surface area (Å²) in [7, 11) is 1.72. The van der Waals surface area contributed by atoms with Crippen molar-refractivity contribution >= 4 is 17.6 Å². The number of likely N-dealkylation sites (tertiary alicyclic amines) is 1. The van der Waals surface area contributed by atoms with Gasteiger partial charge in [-0.15, -0.1) is 0 Å². The summed E-state index contributed by atoms with van der Waals surface area (Å²) < 4.78 is 0. The lowest BCUT2D eigenvalue weighted by Crippen LogP contribution is -2.46. The smallest absolute Gasteiger partial charge is 0.220 e. The Labute approximate surface area is 182 Å². The molecule has 0 unspecified atom stereocenters. The number of guanidine groups is 1. The van der Waals surface area contributed by atoms with Gasteiger partial charge in [-0.1, -0.05) is 19.1 Å². The monoisotopic (exact) mass is 413 g/mol. The molecule has 0 aromatic heterocycles. The molecule has 3 rings (SSSR count). The molecule has 2 aliphatic rings. The molecular weight excluding hydrogens is 374 g/mol. The van der Waals surface area contributed by atoms with Crippen LogP contribution in [-0.4, -0.2) is 56.5 Å². The number of amides is 1. The molecule has 2 heterocycles. The SMILES string of the molecule is CCNC(=NCc1ccc(N2CCC(C)CC2)cc1)N1CCC(CC(=O)NC)CC1. The van der Waals surface area contributed by atoms with Crippen LogP contribution in [0.25, 0.3) is 0 Å². The minimum absolute atomic E-state index is 0.150. The summed E-state index contributed by atoms with van der Waals surface area (Å²) in [6, 6.07) is 8.93. The first kappa shape index (κ1) is 22.4. The highest BCUT2D eigenvalue weighted by Gasteiger charge is 2.23. The highest BCUT2D eigenvalue weighted by atomic mass is 16.1. The topological polar surface area (TPSA) is 60.0 Å². The molecule has 2 fully saturated rings. The molecule has 1 aromatic carbocycles. The quantitative estimate of drug-likeness (QED) is 0.555. The van der Waals surface area contributed by atoms with Crippen LogP contribution in [0.4, 0.5) is 5.69 Å². The second kappa shape index (κ2) is 11.2. The Kier molecular flexibility index (Phi) is 8.40. The van der Waals surface area contributed by atoms with Gasteiger partial charge in [0.05, 0.1) is 6.54 Å². The van der Waals surface area contributed by atoms with E-state index in [4.69, 9.17) is 4.99 Å². The second-order valence-electron chi connectivity index (χ2n) is 8.81. The lowest BCUT2D eigenvalue weighted by Gasteiger charge is -2.34. The number of rotatable bonds is 6. The maximum atomic E-state index is 11.6. The van der Waals surface area contributed by atoms with Gasteiger partial charge >= 0.3 is 0 Å². The number of carbonyl (C=O) groups excluding carboxylic acids is 1. The fourth-order valence-corrected chi connectivity index (χ4v) is 4.38. The van der Waals surface area contributed by atoms with Crippen LogP contribution in [0.15, 0.2) is 29.3 Å². The average Bonchev–Trinajstić information content (AvgIpc) is 2.78. The zero-order valence-electron chi connectivity index (χ0n) is 19.0. The van der Waals surface area contributed by atoms with E-state index in [9.17, 15) is 4.79 Å². The molecule has 30 heavy (non-hydrogen) atoms. The molecule has 0 spiro atoms. The third-order valence-corrected chi connectivity index (χ3v) is 6.50. The molecule has 0 atom stereocenters. The number of hydrogen-bond acceptors (Lipinski definition) is 3. The summed E-state index contributed by atoms with van der Waals surface area (Å²) in [5.41, 5.74) is 2.58. The molecule has 1 aromatic rings. The van der Waals surface area contributed by atoms with E-state index in [0.717, 1.165) is 44.4 Å². The number of piperidine rings is 2. The molecule has 0 aliphatic carbocycles. The maximum Gasteiger partial charge on any atom is 0.220 e. The van der Waals surface area contributed by atoms with Gasteiger partial charge in [-0.2, -0.15) is 0 Å². The van der Waals surface area contributed by atoms with E-state index in [-0.39, 0.29) is 5.91 Å². The maximum absolute atomic E-state index is 11.6. The van der Waals surface area contributed by atoms with E-state index in [1.165, 1.54) is 37.2 Å². The Balaban J connectivity index is 1.54. The van der Waals surface area contributed by atoms with Crippen molar-refractivity contribution in [3.05, 3.63) is 29.8 Å². The Hall–Kier alpha value is -2.24. The predicted molar refractivity (Wildman–Crippen MR) is 125 cm³/mol. The van der Waals surface area contributed by atoms with Crippen LogP contribution >= 0.6 is 0 Å². The summed E-state index contributed by atoms with van der Waals surface area (Å²) in [6.45, 7) is 10.3. The fourth-order valence-electron chi connectivity index (χ4n) is 4.38. The molecule has 2 N–H and O–H groups in total. The Morgan fingerprint density at radius 2 is 1.73 bits per heavy atom. The molecule has 2 saturated heterocycles. The van der Waals surface area contributed by atoms with Gasteiger partial charge in [-0.3, -0.25) is 4.79 Å². The van der Waals surface area contributed by atoms with Crippen molar-refractivity contribution in [2.75, 3.05) is 44.7 Å². The Morgan fingerprint density at radius 3 is 2.33 bits per heavy atom. The van der Waals surface area contributed by atoms with Crippen LogP contribution in [0.5, 0.6) is 0 Å². The molecule has 0 radical (unpaired) electrons. The normalized spacial score (nSPS) is 19.1. The standard InChI is InChI=1S/C24H39N5O/c1-4-26-24(29-15-11-20(12-16-29)17-23(30)25-3)27-18-21-5-7-22(8-6-21)28-13-9-19(2)10-14-28/h5-8,19-20H,4,9-18H2,1-3H3,(H,25,30)(H,26,27). The van der Waals surface area contributed by atoms with Crippen molar-refractivity contribution in [1.82, 2.24) is 15.5 Å². The number of anilines is 1. The average molecular weight is 414 g/mol. The van der Waals surface area contributed by atoms with Crippen LogP contribution in [0.3, 0.4) is 0 Å². The number of nitrogens with one attached hydrogen (secondary N) is 2. The largest absolute Gasteiger partial charge is 0.372 e. The zero-order chi connectivity index (χ0) is 21.3. The molecule has 0 bridgehead atoms. The van der Waals surface area contributed by atoms with Crippen molar-refractivity contribution in [3.63, 3.8) is 0 Å². The fraction of sp³-hybridized carbons (Fsp3) is 0.667. The zero-order valence-corrected chi connectivity index (χ0v) is 19.0. The number of benzene rings is 1. The van der Waals surface area contributed by atoms with E-state index >= 15 is 0 Å². The third kappa shape index (κ3) is 6.38. The molecule has 2 aliphatic heterocycles. The first-order chi connectivity index (χ1) is 14.6. The van der Waals surface area contributed by atoms with Crippen molar-refractivity contribution in [3.8, 4) is 0 Å². The van der Waals surface area contributed by atoms with Crippen LogP contribution in [0, 0.1) is 11.8 Å². The van der Waals surface area contributed by atoms with Gasteiger partial charge in [0, 0.05) is 51.9 Å². The molecule has 6 nitrogen and oxygen atoms in total. The van der Waals surface area contributed by atoms with Crippen LogP contribution < -0.4 is 15.5 Å². The van der Waals surface area contributed by atoms with E-state index < -0.39 is 0 Å². The van der Waals surface area contributed by atoms with Crippen molar-refractivity contribution in [2.45, 2.75) is 52.5 Å². The highest BCUT2D eigenvalue weighted by Crippen LogP contribution is 2.24. The van der Waals surface area contributed by atoms with Gasteiger partial charge in [0.2, 0.25) is 5.91 Å². The molecular formula is C24H39N5O. The van der Waals surface area contributed by atoms with Gasteiger partial charge < -0.3 is 20.4 Å². The van der Waals surface area contributed by atoms with Gasteiger partial charge in [0.15, 0.2) is 5.96 Å². The van der Waals surface area contributed by atoms with E-state index in [1.807, 2.05) is 0 Å². The first-order valence-corrected chi connectivity index (χ1v) is 11.7. The van der Waals surface area contributed by atoms with Gasteiger partial charge in [0.25, 0.3) is 0 Å².